The number of para-hydroxylation sites is 1. The van der Waals surface area contributed by atoms with E-state index in [2.05, 4.69) is 20.9 Å². The number of carbonyl (C=O) groups excluding carboxylic acids is 2. The number of nitrogens with zero attached hydrogens (tertiary/aromatic N) is 1. The molecule has 35 heavy (non-hydrogen) atoms. The highest BCUT2D eigenvalue weighted by molar-refractivity contribution is 9.10. The number of nitrogens with one attached hydrogen (secondary N) is 1. The Hall–Kier alpha value is -3.84. The predicted octanol–water partition coefficient (Wildman–Crippen LogP) is 5.60. The second-order valence-corrected chi connectivity index (χ2v) is 9.30. The number of amides is 1. The first kappa shape index (κ1) is 22.9. The molecule has 0 aliphatic carbocycles. The lowest BCUT2D eigenvalue weighted by Crippen LogP contribution is -2.31. The van der Waals surface area contributed by atoms with Crippen molar-refractivity contribution in [2.45, 2.75) is 12.5 Å². The monoisotopic (exact) mass is 530 g/mol. The lowest BCUT2D eigenvalue weighted by atomic mass is 9.95. The Morgan fingerprint density at radius 2 is 1.74 bits per heavy atom. The van der Waals surface area contributed by atoms with Crippen LogP contribution in [0, 0.1) is 0 Å². The molecular formula is C28H23BrN2O4. The first-order valence-corrected chi connectivity index (χ1v) is 12.0. The Kier molecular flexibility index (Phi) is 6.17. The Balaban J connectivity index is 1.55. The first-order chi connectivity index (χ1) is 17.0. The van der Waals surface area contributed by atoms with Crippen LogP contribution in [0.5, 0.6) is 5.75 Å². The van der Waals surface area contributed by atoms with Crippen LogP contribution in [0.1, 0.15) is 22.7 Å². The fourth-order valence-electron chi connectivity index (χ4n) is 4.59. The number of aromatic nitrogens is 1. The van der Waals surface area contributed by atoms with E-state index in [1.807, 2.05) is 54.7 Å². The molecule has 1 atom stereocenters. The average Bonchev–Trinajstić information content (AvgIpc) is 3.41. The van der Waals surface area contributed by atoms with Crippen molar-refractivity contribution in [3.8, 4) is 5.75 Å². The van der Waals surface area contributed by atoms with Gasteiger partial charge in [-0.15, -0.1) is 0 Å². The standard InChI is InChI=1S/C28H23BrN2O4/c1-35-21-12-8-18(9-13-21)26(32)24-25(17-6-10-20(29)11-7-17)31(28(34)27(24)33)15-14-19-16-30-23-5-3-2-4-22(19)23/h2-13,16,25,30,32H,14-15H2,1H3/t25-/m1/s1. The minimum atomic E-state index is -0.699. The van der Waals surface area contributed by atoms with Gasteiger partial charge in [0, 0.05) is 33.7 Å². The number of hydrogen-bond donors (Lipinski definition) is 2. The minimum absolute atomic E-state index is 0.0846. The van der Waals surface area contributed by atoms with Crippen molar-refractivity contribution in [1.29, 1.82) is 0 Å². The Morgan fingerprint density at radius 1 is 1.03 bits per heavy atom. The second-order valence-electron chi connectivity index (χ2n) is 8.38. The van der Waals surface area contributed by atoms with Crippen molar-refractivity contribution in [2.24, 2.45) is 0 Å². The maximum absolute atomic E-state index is 13.2. The summed E-state index contributed by atoms with van der Waals surface area (Å²) < 4.78 is 6.08. The number of ether oxygens (including phenoxy) is 1. The number of fused-ring (bicyclic) bond motifs is 1. The van der Waals surface area contributed by atoms with E-state index in [4.69, 9.17) is 4.74 Å². The third kappa shape index (κ3) is 4.23. The summed E-state index contributed by atoms with van der Waals surface area (Å²) in [5.74, 6) is -0.878. The van der Waals surface area contributed by atoms with Crippen LogP contribution in [0.15, 0.2) is 89.0 Å². The fraction of sp³-hybridized carbons (Fsp3) is 0.143. The number of rotatable bonds is 6. The number of aromatic amines is 1. The fourth-order valence-corrected chi connectivity index (χ4v) is 4.85. The van der Waals surface area contributed by atoms with Crippen LogP contribution in [0.4, 0.5) is 0 Å². The van der Waals surface area contributed by atoms with E-state index in [0.717, 1.165) is 26.5 Å². The van der Waals surface area contributed by atoms with Gasteiger partial charge in [0.25, 0.3) is 11.7 Å². The van der Waals surface area contributed by atoms with Gasteiger partial charge in [0.05, 0.1) is 18.7 Å². The van der Waals surface area contributed by atoms with Gasteiger partial charge in [0.15, 0.2) is 0 Å². The van der Waals surface area contributed by atoms with Gasteiger partial charge in [-0.25, -0.2) is 0 Å². The zero-order chi connectivity index (χ0) is 24.5. The summed E-state index contributed by atoms with van der Waals surface area (Å²) in [6.45, 7) is 0.326. The third-order valence-corrected chi connectivity index (χ3v) is 6.91. The zero-order valence-corrected chi connectivity index (χ0v) is 20.6. The summed E-state index contributed by atoms with van der Waals surface area (Å²) in [5.41, 5.74) is 3.37. The molecule has 1 saturated heterocycles. The molecule has 5 rings (SSSR count). The lowest BCUT2D eigenvalue weighted by Gasteiger charge is -2.25. The molecule has 1 fully saturated rings. The number of aliphatic hydroxyl groups excluding tert-OH is 1. The van der Waals surface area contributed by atoms with Gasteiger partial charge in [-0.1, -0.05) is 46.3 Å². The molecule has 0 bridgehead atoms. The van der Waals surface area contributed by atoms with Crippen LogP contribution in [-0.4, -0.2) is 40.3 Å². The minimum Gasteiger partial charge on any atom is -0.507 e. The van der Waals surface area contributed by atoms with Gasteiger partial charge in [-0.3, -0.25) is 9.59 Å². The highest BCUT2D eigenvalue weighted by atomic mass is 79.9. The second kappa shape index (κ2) is 9.43. The van der Waals surface area contributed by atoms with Crippen molar-refractivity contribution in [2.75, 3.05) is 13.7 Å². The summed E-state index contributed by atoms with van der Waals surface area (Å²) in [4.78, 5) is 31.3. The summed E-state index contributed by atoms with van der Waals surface area (Å²) in [6.07, 6.45) is 2.50. The maximum Gasteiger partial charge on any atom is 0.295 e. The van der Waals surface area contributed by atoms with Gasteiger partial charge < -0.3 is 19.7 Å². The van der Waals surface area contributed by atoms with Crippen LogP contribution >= 0.6 is 15.9 Å². The molecule has 0 radical (unpaired) electrons. The molecule has 0 unspecified atom stereocenters. The molecule has 6 nitrogen and oxygen atoms in total. The van der Waals surface area contributed by atoms with E-state index in [1.165, 1.54) is 0 Å². The number of halogens is 1. The molecule has 0 spiro atoms. The average molecular weight is 531 g/mol. The Morgan fingerprint density at radius 3 is 2.46 bits per heavy atom. The van der Waals surface area contributed by atoms with E-state index < -0.39 is 17.7 Å². The van der Waals surface area contributed by atoms with Gasteiger partial charge in [0.2, 0.25) is 0 Å². The molecule has 2 N–H and O–H groups in total. The van der Waals surface area contributed by atoms with Crippen molar-refractivity contribution in [3.05, 3.63) is 106 Å². The van der Waals surface area contributed by atoms with E-state index in [0.29, 0.717) is 24.3 Å². The SMILES string of the molecule is COc1ccc(C(O)=C2C(=O)C(=O)N(CCc3c[nH]c4ccccc34)[C@@H]2c2ccc(Br)cc2)cc1. The lowest BCUT2D eigenvalue weighted by molar-refractivity contribution is -0.139. The molecule has 1 aliphatic rings. The highest BCUT2D eigenvalue weighted by Gasteiger charge is 2.45. The largest absolute Gasteiger partial charge is 0.507 e. The summed E-state index contributed by atoms with van der Waals surface area (Å²) in [5, 5.41) is 12.3. The highest BCUT2D eigenvalue weighted by Crippen LogP contribution is 2.40. The quantitative estimate of drug-likeness (QED) is 0.193. The Bertz CT molecular complexity index is 1440. The van der Waals surface area contributed by atoms with Crippen LogP contribution in [0.3, 0.4) is 0 Å². The molecule has 4 aromatic rings. The normalized spacial score (nSPS) is 17.3. The van der Waals surface area contributed by atoms with Crippen molar-refractivity contribution in [3.63, 3.8) is 0 Å². The molecule has 0 saturated carbocycles. The molecule has 2 heterocycles. The molecule has 1 aliphatic heterocycles. The smallest absolute Gasteiger partial charge is 0.295 e. The number of methoxy groups -OCH3 is 1. The zero-order valence-electron chi connectivity index (χ0n) is 19.0. The molecule has 3 aromatic carbocycles. The van der Waals surface area contributed by atoms with Crippen LogP contribution in [-0.2, 0) is 16.0 Å². The number of Topliss-reactive ketones (excluding diaryl/α,β-unsaturated/α-hetero) is 1. The maximum atomic E-state index is 13.2. The van der Waals surface area contributed by atoms with Gasteiger partial charge in [0.1, 0.15) is 11.5 Å². The number of ketones is 1. The van der Waals surface area contributed by atoms with Crippen LogP contribution < -0.4 is 4.74 Å². The topological polar surface area (TPSA) is 82.6 Å². The van der Waals surface area contributed by atoms with E-state index in [1.54, 1.807) is 36.3 Å². The van der Waals surface area contributed by atoms with E-state index >= 15 is 0 Å². The van der Waals surface area contributed by atoms with Crippen LogP contribution in [0.25, 0.3) is 16.7 Å². The third-order valence-electron chi connectivity index (χ3n) is 6.39. The number of benzene rings is 3. The number of H-pyrrole nitrogens is 1. The number of hydrogen-bond acceptors (Lipinski definition) is 4. The number of carbonyl (C=O) groups is 2. The molecule has 176 valence electrons. The number of likely N-dealkylation sites (tertiary alicyclic amines) is 1. The predicted molar refractivity (Wildman–Crippen MR) is 138 cm³/mol. The summed E-state index contributed by atoms with van der Waals surface area (Å²) in [7, 11) is 1.56. The molecule has 7 heteroatoms. The van der Waals surface area contributed by atoms with Gasteiger partial charge in [-0.2, -0.15) is 0 Å². The summed E-state index contributed by atoms with van der Waals surface area (Å²) in [6, 6.07) is 21.5. The van der Waals surface area contributed by atoms with Crippen molar-refractivity contribution in [1.82, 2.24) is 9.88 Å². The number of aliphatic hydroxyl groups is 1. The van der Waals surface area contributed by atoms with Gasteiger partial charge in [-0.05, 0) is 60.0 Å². The van der Waals surface area contributed by atoms with Gasteiger partial charge >= 0.3 is 0 Å². The Labute approximate surface area is 211 Å². The molecule has 1 aromatic heterocycles. The van der Waals surface area contributed by atoms with Crippen molar-refractivity contribution < 1.29 is 19.4 Å². The first-order valence-electron chi connectivity index (χ1n) is 11.2. The molecule has 1 amide bonds. The van der Waals surface area contributed by atoms with Crippen LogP contribution in [0.2, 0.25) is 0 Å². The molecular weight excluding hydrogens is 508 g/mol. The van der Waals surface area contributed by atoms with E-state index in [-0.39, 0.29) is 11.3 Å². The van der Waals surface area contributed by atoms with E-state index in [9.17, 15) is 14.7 Å². The van der Waals surface area contributed by atoms with Crippen molar-refractivity contribution >= 4 is 44.3 Å². The summed E-state index contributed by atoms with van der Waals surface area (Å²) >= 11 is 3.44.